The lowest BCUT2D eigenvalue weighted by molar-refractivity contribution is -0.140. The first-order valence-electron chi connectivity index (χ1n) is 9.14. The molecule has 1 heterocycles. The van der Waals surface area contributed by atoms with Crippen molar-refractivity contribution < 1.29 is 19.1 Å². The van der Waals surface area contributed by atoms with Crippen LogP contribution in [0.1, 0.15) is 44.3 Å². The summed E-state index contributed by atoms with van der Waals surface area (Å²) in [7, 11) is 0. The van der Waals surface area contributed by atoms with Crippen molar-refractivity contribution in [1.29, 1.82) is 5.41 Å². The molecule has 0 aromatic heterocycles. The molecule has 0 saturated carbocycles. The minimum Gasteiger partial charge on any atom is -0.384 e. The Bertz CT molecular complexity index is 985. The predicted molar refractivity (Wildman–Crippen MR) is 106 cm³/mol. The molecule has 0 aliphatic carbocycles. The van der Waals surface area contributed by atoms with E-state index in [0.717, 1.165) is 16.0 Å². The number of fused-ring (bicyclic) bond motifs is 1. The summed E-state index contributed by atoms with van der Waals surface area (Å²) in [6, 6.07) is 11.8. The molecule has 0 bridgehead atoms. The third-order valence-corrected chi connectivity index (χ3v) is 4.59. The highest BCUT2D eigenvalue weighted by molar-refractivity contribution is 6.22. The first kappa shape index (κ1) is 20.2. The highest BCUT2D eigenvalue weighted by Crippen LogP contribution is 2.26. The van der Waals surface area contributed by atoms with Crippen LogP contribution in [0.15, 0.2) is 42.5 Å². The van der Waals surface area contributed by atoms with Crippen LogP contribution in [-0.4, -0.2) is 41.3 Å². The number of nitrogens with one attached hydrogen (secondary N) is 2. The fourth-order valence-electron chi connectivity index (χ4n) is 3.09. The van der Waals surface area contributed by atoms with E-state index >= 15 is 0 Å². The minimum absolute atomic E-state index is 0.0437. The average Bonchev–Trinajstić information content (AvgIpc) is 2.94. The van der Waals surface area contributed by atoms with Crippen LogP contribution < -0.4 is 11.1 Å². The third kappa shape index (κ3) is 4.02. The first-order valence-corrected chi connectivity index (χ1v) is 9.14. The number of aryl methyl sites for hydroxylation is 1. The number of amides is 3. The van der Waals surface area contributed by atoms with Gasteiger partial charge in [0, 0.05) is 18.7 Å². The van der Waals surface area contributed by atoms with Crippen LogP contribution in [0.25, 0.3) is 0 Å². The Balaban J connectivity index is 1.75. The molecular formula is C21H22N4O4. The van der Waals surface area contributed by atoms with Gasteiger partial charge in [-0.2, -0.15) is 0 Å². The van der Waals surface area contributed by atoms with Crippen LogP contribution in [0.5, 0.6) is 0 Å². The molecular weight excluding hydrogens is 372 g/mol. The fraction of sp³-hybridized carbons (Fsp3) is 0.238. The molecule has 3 amide bonds. The van der Waals surface area contributed by atoms with Gasteiger partial charge in [-0.1, -0.05) is 35.9 Å². The minimum atomic E-state index is -1.36. The molecule has 0 spiro atoms. The molecule has 1 aliphatic heterocycles. The summed E-state index contributed by atoms with van der Waals surface area (Å²) in [5.74, 6) is -1.73. The molecule has 1 unspecified atom stereocenters. The summed E-state index contributed by atoms with van der Waals surface area (Å²) in [6.07, 6.45) is -1.36. The van der Waals surface area contributed by atoms with Crippen molar-refractivity contribution in [2.75, 3.05) is 6.61 Å². The molecule has 1 atom stereocenters. The van der Waals surface area contributed by atoms with Crippen LogP contribution in [0.3, 0.4) is 0 Å². The van der Waals surface area contributed by atoms with Crippen molar-refractivity contribution in [1.82, 2.24) is 10.2 Å². The molecule has 2 aromatic rings. The second-order valence-electron chi connectivity index (χ2n) is 6.67. The molecule has 0 saturated heterocycles. The summed E-state index contributed by atoms with van der Waals surface area (Å²) in [5.41, 5.74) is 8.16. The molecule has 0 fully saturated rings. The monoisotopic (exact) mass is 394 g/mol. The SMILES string of the molecule is CCOC(C(=O)NCc1ccc(C(=N)N)cc1)N1C(=O)c2ccc(C)cc2C1=O. The van der Waals surface area contributed by atoms with Crippen molar-refractivity contribution in [2.45, 2.75) is 26.6 Å². The molecule has 0 radical (unpaired) electrons. The Morgan fingerprint density at radius 1 is 1.14 bits per heavy atom. The lowest BCUT2D eigenvalue weighted by Crippen LogP contribution is -2.51. The number of nitrogens with zero attached hydrogens (tertiary/aromatic N) is 1. The van der Waals surface area contributed by atoms with Crippen LogP contribution in [0.4, 0.5) is 0 Å². The number of nitrogens with two attached hydrogens (primary N) is 1. The van der Waals surface area contributed by atoms with Crippen molar-refractivity contribution in [3.05, 3.63) is 70.3 Å². The molecule has 29 heavy (non-hydrogen) atoms. The predicted octanol–water partition coefficient (Wildman–Crippen LogP) is 1.55. The quantitative estimate of drug-likeness (QED) is 0.373. The van der Waals surface area contributed by atoms with Gasteiger partial charge in [-0.3, -0.25) is 19.8 Å². The van der Waals surface area contributed by atoms with E-state index in [-0.39, 0.29) is 30.1 Å². The third-order valence-electron chi connectivity index (χ3n) is 4.59. The van der Waals surface area contributed by atoms with Gasteiger partial charge in [-0.25, -0.2) is 4.90 Å². The summed E-state index contributed by atoms with van der Waals surface area (Å²) < 4.78 is 5.46. The van der Waals surface area contributed by atoms with E-state index in [1.54, 1.807) is 49.4 Å². The van der Waals surface area contributed by atoms with E-state index in [9.17, 15) is 14.4 Å². The number of hydrogen-bond acceptors (Lipinski definition) is 5. The molecule has 8 nitrogen and oxygen atoms in total. The molecule has 8 heteroatoms. The van der Waals surface area contributed by atoms with Crippen molar-refractivity contribution in [3.8, 4) is 0 Å². The molecule has 3 rings (SSSR count). The summed E-state index contributed by atoms with van der Waals surface area (Å²) in [5, 5.41) is 10.1. The van der Waals surface area contributed by atoms with Gasteiger partial charge in [0.2, 0.25) is 6.23 Å². The number of ether oxygens (including phenoxy) is 1. The van der Waals surface area contributed by atoms with Crippen LogP contribution in [0.2, 0.25) is 0 Å². The number of carbonyl (C=O) groups is 3. The van der Waals surface area contributed by atoms with Gasteiger partial charge in [-0.15, -0.1) is 0 Å². The standard InChI is InChI=1S/C21H22N4O4/c1-3-29-21(18(26)24-11-13-5-7-14(8-6-13)17(22)23)25-19(27)15-9-4-12(2)10-16(15)20(25)28/h4-10,21H,3,11H2,1-2H3,(H3,22,23)(H,24,26). The highest BCUT2D eigenvalue weighted by Gasteiger charge is 2.43. The Labute approximate surface area is 168 Å². The summed E-state index contributed by atoms with van der Waals surface area (Å²) in [4.78, 5) is 39.1. The summed E-state index contributed by atoms with van der Waals surface area (Å²) >= 11 is 0. The Morgan fingerprint density at radius 2 is 1.79 bits per heavy atom. The number of rotatable bonds is 7. The van der Waals surface area contributed by atoms with E-state index < -0.39 is 23.9 Å². The average molecular weight is 394 g/mol. The number of benzene rings is 2. The van der Waals surface area contributed by atoms with Gasteiger partial charge in [0.05, 0.1) is 11.1 Å². The Kier molecular flexibility index (Phi) is 5.74. The molecule has 2 aromatic carbocycles. The van der Waals surface area contributed by atoms with Crippen LogP contribution in [-0.2, 0) is 16.1 Å². The summed E-state index contributed by atoms with van der Waals surface area (Å²) in [6.45, 7) is 3.83. The maximum Gasteiger partial charge on any atom is 0.271 e. The number of carbonyl (C=O) groups excluding carboxylic acids is 3. The fourth-order valence-corrected chi connectivity index (χ4v) is 3.09. The van der Waals surface area contributed by atoms with Gasteiger partial charge in [0.1, 0.15) is 5.84 Å². The van der Waals surface area contributed by atoms with Gasteiger partial charge >= 0.3 is 0 Å². The van der Waals surface area contributed by atoms with E-state index in [1.807, 2.05) is 6.92 Å². The van der Waals surface area contributed by atoms with Gasteiger partial charge in [-0.05, 0) is 31.5 Å². The van der Waals surface area contributed by atoms with E-state index in [4.69, 9.17) is 15.9 Å². The number of amidine groups is 1. The van der Waals surface area contributed by atoms with Gasteiger partial charge in [0.25, 0.3) is 17.7 Å². The van der Waals surface area contributed by atoms with Crippen molar-refractivity contribution in [3.63, 3.8) is 0 Å². The maximum atomic E-state index is 12.8. The van der Waals surface area contributed by atoms with E-state index in [0.29, 0.717) is 5.56 Å². The van der Waals surface area contributed by atoms with Crippen LogP contribution >= 0.6 is 0 Å². The van der Waals surface area contributed by atoms with Crippen molar-refractivity contribution in [2.24, 2.45) is 5.73 Å². The normalized spacial score (nSPS) is 13.9. The van der Waals surface area contributed by atoms with Gasteiger partial charge < -0.3 is 15.8 Å². The highest BCUT2D eigenvalue weighted by atomic mass is 16.5. The number of imide groups is 1. The zero-order valence-corrected chi connectivity index (χ0v) is 16.2. The van der Waals surface area contributed by atoms with Crippen molar-refractivity contribution >= 4 is 23.6 Å². The van der Waals surface area contributed by atoms with E-state index in [2.05, 4.69) is 5.32 Å². The maximum absolute atomic E-state index is 12.8. The van der Waals surface area contributed by atoms with Crippen LogP contribution in [0, 0.1) is 12.3 Å². The molecule has 1 aliphatic rings. The van der Waals surface area contributed by atoms with E-state index in [1.165, 1.54) is 0 Å². The number of hydrogen-bond donors (Lipinski definition) is 3. The lowest BCUT2D eigenvalue weighted by Gasteiger charge is -2.24. The smallest absolute Gasteiger partial charge is 0.271 e. The first-order chi connectivity index (χ1) is 13.8. The zero-order chi connectivity index (χ0) is 21.1. The second-order valence-corrected chi connectivity index (χ2v) is 6.67. The Hall–Kier alpha value is -3.52. The molecule has 4 N–H and O–H groups in total. The lowest BCUT2D eigenvalue weighted by atomic mass is 10.1. The number of nitrogen functional groups attached to an aromatic ring is 1. The second kappa shape index (κ2) is 8.24. The largest absolute Gasteiger partial charge is 0.384 e. The van der Waals surface area contributed by atoms with Gasteiger partial charge in [0.15, 0.2) is 0 Å². The topological polar surface area (TPSA) is 126 Å². The molecule has 150 valence electrons. The zero-order valence-electron chi connectivity index (χ0n) is 16.2. The Morgan fingerprint density at radius 3 is 2.41 bits per heavy atom.